The van der Waals surface area contributed by atoms with Crippen LogP contribution in [0, 0.1) is 0 Å². The molecule has 1 spiro atoms. The van der Waals surface area contributed by atoms with Gasteiger partial charge < -0.3 is 4.57 Å². The zero-order chi connectivity index (χ0) is 27.4. The molecule has 2 aliphatic carbocycles. The third-order valence-electron chi connectivity index (χ3n) is 10.1. The third-order valence-corrected chi connectivity index (χ3v) is 10.1. The van der Waals surface area contributed by atoms with Crippen molar-refractivity contribution in [3.05, 3.63) is 173 Å². The van der Waals surface area contributed by atoms with Crippen LogP contribution in [-0.2, 0) is 18.3 Å². The number of aromatic nitrogens is 1. The molecule has 10 rings (SSSR count). The summed E-state index contributed by atoms with van der Waals surface area (Å²) in [5.41, 5.74) is 12.0. The molecule has 0 bridgehead atoms. The summed E-state index contributed by atoms with van der Waals surface area (Å²) < 4.78 is 2.49. The molecule has 196 valence electrons. The van der Waals surface area contributed by atoms with Crippen LogP contribution in [0.5, 0.6) is 0 Å². The second-order valence-electron chi connectivity index (χ2n) is 12.1. The fourth-order valence-corrected chi connectivity index (χ4v) is 8.59. The standard InChI is InChI=1S/C41H27N/c1-2-17-31(18-3-1)42-35-22-8-15-29-24-28-14-4-10-26-12-6-19-32(37(26)28)41(34-21-9-23-36(42)40(34)39(29)35)25-30-16-5-11-27-13-7-20-33(41)38(27)30/h1-23H,24-25H2. The van der Waals surface area contributed by atoms with E-state index in [9.17, 15) is 0 Å². The van der Waals surface area contributed by atoms with Crippen molar-refractivity contribution in [2.45, 2.75) is 18.3 Å². The highest BCUT2D eigenvalue weighted by atomic mass is 15.0. The Bertz CT molecular complexity index is 2400. The molecular weight excluding hydrogens is 506 g/mol. The Hall–Kier alpha value is -5.14. The molecule has 0 saturated carbocycles. The van der Waals surface area contributed by atoms with Crippen molar-refractivity contribution in [1.29, 1.82) is 0 Å². The topological polar surface area (TPSA) is 4.93 Å². The second kappa shape index (κ2) is 7.99. The van der Waals surface area contributed by atoms with E-state index in [1.54, 1.807) is 0 Å². The molecule has 42 heavy (non-hydrogen) atoms. The van der Waals surface area contributed by atoms with Crippen LogP contribution >= 0.6 is 0 Å². The molecule has 1 aromatic heterocycles. The van der Waals surface area contributed by atoms with Crippen LogP contribution in [0.15, 0.2) is 140 Å². The summed E-state index contributed by atoms with van der Waals surface area (Å²) in [6, 6.07) is 52.6. The molecule has 0 amide bonds. The zero-order valence-electron chi connectivity index (χ0n) is 23.1. The molecule has 0 aliphatic heterocycles. The normalized spacial score (nSPS) is 17.0. The molecule has 1 unspecified atom stereocenters. The number of fused-ring (bicyclic) bond motifs is 3. The lowest BCUT2D eigenvalue weighted by molar-refractivity contribution is 0.653. The third kappa shape index (κ3) is 2.69. The Labute approximate surface area is 244 Å². The van der Waals surface area contributed by atoms with E-state index in [1.807, 2.05) is 0 Å². The van der Waals surface area contributed by atoms with E-state index >= 15 is 0 Å². The van der Waals surface area contributed by atoms with Crippen LogP contribution in [0.1, 0.15) is 33.4 Å². The SMILES string of the molecule is c1ccc(-n2c3cccc4c3c3c(cccc32)C2(Cc3cccc5cccc2c35)c2cccc3cccc(c23)C4)cc1. The van der Waals surface area contributed by atoms with E-state index in [4.69, 9.17) is 0 Å². The highest BCUT2D eigenvalue weighted by molar-refractivity contribution is 6.14. The minimum atomic E-state index is -0.314. The van der Waals surface area contributed by atoms with Crippen molar-refractivity contribution in [2.24, 2.45) is 0 Å². The highest BCUT2D eigenvalue weighted by Gasteiger charge is 2.45. The van der Waals surface area contributed by atoms with Gasteiger partial charge in [-0.3, -0.25) is 0 Å². The Balaban J connectivity index is 1.49. The van der Waals surface area contributed by atoms with Crippen molar-refractivity contribution in [1.82, 2.24) is 4.57 Å². The van der Waals surface area contributed by atoms with E-state index in [1.165, 1.54) is 82.4 Å². The zero-order valence-corrected chi connectivity index (χ0v) is 23.1. The summed E-state index contributed by atoms with van der Waals surface area (Å²) in [6.07, 6.45) is 1.86. The van der Waals surface area contributed by atoms with Gasteiger partial charge in [0.15, 0.2) is 0 Å². The van der Waals surface area contributed by atoms with Gasteiger partial charge in [-0.2, -0.15) is 0 Å². The highest BCUT2D eigenvalue weighted by Crippen LogP contribution is 2.56. The van der Waals surface area contributed by atoms with Gasteiger partial charge in [0.1, 0.15) is 0 Å². The molecule has 7 aromatic carbocycles. The van der Waals surface area contributed by atoms with Crippen molar-refractivity contribution < 1.29 is 0 Å². The van der Waals surface area contributed by atoms with Gasteiger partial charge >= 0.3 is 0 Å². The lowest BCUT2D eigenvalue weighted by Gasteiger charge is -2.34. The molecule has 1 nitrogen and oxygen atoms in total. The van der Waals surface area contributed by atoms with Gasteiger partial charge in [0.2, 0.25) is 0 Å². The van der Waals surface area contributed by atoms with Gasteiger partial charge in [-0.05, 0) is 92.0 Å². The Kier molecular flexibility index (Phi) is 4.29. The fourth-order valence-electron chi connectivity index (χ4n) is 8.59. The number of rotatable bonds is 1. The molecular formula is C41H27N. The smallest absolute Gasteiger partial charge is 0.0544 e. The Morgan fingerprint density at radius 2 is 0.905 bits per heavy atom. The first-order valence-corrected chi connectivity index (χ1v) is 15.0. The summed E-state index contributed by atoms with van der Waals surface area (Å²) in [4.78, 5) is 0. The number of benzene rings is 7. The molecule has 1 heterocycles. The molecule has 1 heteroatoms. The average Bonchev–Trinajstić information content (AvgIpc) is 3.57. The Morgan fingerprint density at radius 3 is 1.60 bits per heavy atom. The van der Waals surface area contributed by atoms with Gasteiger partial charge in [-0.1, -0.05) is 115 Å². The van der Waals surface area contributed by atoms with Gasteiger partial charge in [0, 0.05) is 16.5 Å². The van der Waals surface area contributed by atoms with E-state index in [-0.39, 0.29) is 5.41 Å². The maximum Gasteiger partial charge on any atom is 0.0544 e. The number of para-hydroxylation sites is 1. The molecule has 1 atom stereocenters. The van der Waals surface area contributed by atoms with Crippen LogP contribution in [0.4, 0.5) is 0 Å². The first-order valence-electron chi connectivity index (χ1n) is 15.0. The van der Waals surface area contributed by atoms with Gasteiger partial charge in [0.05, 0.1) is 16.4 Å². The molecule has 0 N–H and O–H groups in total. The summed E-state index contributed by atoms with van der Waals surface area (Å²) >= 11 is 0. The number of hydrogen-bond acceptors (Lipinski definition) is 0. The number of nitrogens with zero attached hydrogens (tertiary/aromatic N) is 1. The van der Waals surface area contributed by atoms with Gasteiger partial charge in [-0.25, -0.2) is 0 Å². The lowest BCUT2D eigenvalue weighted by Crippen LogP contribution is -2.29. The maximum absolute atomic E-state index is 2.49. The predicted molar refractivity (Wildman–Crippen MR) is 175 cm³/mol. The first-order chi connectivity index (χ1) is 20.8. The van der Waals surface area contributed by atoms with Crippen LogP contribution < -0.4 is 0 Å². The Morgan fingerprint density at radius 1 is 0.405 bits per heavy atom. The molecule has 0 saturated heterocycles. The average molecular weight is 534 g/mol. The van der Waals surface area contributed by atoms with Crippen LogP contribution in [0.2, 0.25) is 0 Å². The lowest BCUT2D eigenvalue weighted by atomic mass is 9.67. The maximum atomic E-state index is 2.49. The van der Waals surface area contributed by atoms with Crippen molar-refractivity contribution in [3.63, 3.8) is 0 Å². The minimum Gasteiger partial charge on any atom is -0.309 e. The van der Waals surface area contributed by atoms with Crippen LogP contribution in [0.3, 0.4) is 0 Å². The van der Waals surface area contributed by atoms with Gasteiger partial charge in [-0.15, -0.1) is 0 Å². The molecule has 2 aliphatic rings. The van der Waals surface area contributed by atoms with Crippen molar-refractivity contribution >= 4 is 43.4 Å². The van der Waals surface area contributed by atoms with Crippen molar-refractivity contribution in [3.8, 4) is 5.69 Å². The van der Waals surface area contributed by atoms with Crippen molar-refractivity contribution in [2.75, 3.05) is 0 Å². The summed E-state index contributed by atoms with van der Waals surface area (Å²) in [5.74, 6) is 0. The van der Waals surface area contributed by atoms with E-state index in [0.29, 0.717) is 0 Å². The van der Waals surface area contributed by atoms with E-state index in [2.05, 4.69) is 144 Å². The summed E-state index contributed by atoms with van der Waals surface area (Å²) in [6.45, 7) is 0. The van der Waals surface area contributed by atoms with Crippen LogP contribution in [-0.4, -0.2) is 4.57 Å². The quantitative estimate of drug-likeness (QED) is 0.198. The van der Waals surface area contributed by atoms with E-state index in [0.717, 1.165) is 12.8 Å². The predicted octanol–water partition coefficient (Wildman–Crippen LogP) is 9.88. The second-order valence-corrected chi connectivity index (χ2v) is 12.1. The van der Waals surface area contributed by atoms with E-state index < -0.39 is 0 Å². The summed E-state index contributed by atoms with van der Waals surface area (Å²) in [5, 5.41) is 8.29. The fraction of sp³-hybridized carbons (Fsp3) is 0.0732. The van der Waals surface area contributed by atoms with Gasteiger partial charge in [0.25, 0.3) is 0 Å². The summed E-state index contributed by atoms with van der Waals surface area (Å²) in [7, 11) is 0. The minimum absolute atomic E-state index is 0.314. The molecule has 0 radical (unpaired) electrons. The largest absolute Gasteiger partial charge is 0.309 e. The van der Waals surface area contributed by atoms with Crippen LogP contribution in [0.25, 0.3) is 49.0 Å². The molecule has 8 aromatic rings. The first kappa shape index (κ1) is 22.5. The monoisotopic (exact) mass is 533 g/mol. The molecule has 0 fully saturated rings. The number of hydrogen-bond donors (Lipinski definition) is 0.